The molecule has 2 nitrogen and oxygen atoms in total. The first-order valence-electron chi connectivity index (χ1n) is 5.89. The first kappa shape index (κ1) is 14.5. The van der Waals surface area contributed by atoms with E-state index in [2.05, 4.69) is 21.2 Å². The molecule has 0 saturated heterocycles. The highest BCUT2D eigenvalue weighted by atomic mass is 79.9. The second kappa shape index (κ2) is 6.02. The number of aryl methyl sites for hydroxylation is 1. The lowest BCUT2D eigenvalue weighted by Crippen LogP contribution is -2.05. The Balaban J connectivity index is 2.19. The third-order valence-corrected chi connectivity index (χ3v) is 3.77. The molecule has 0 aromatic heterocycles. The lowest BCUT2D eigenvalue weighted by atomic mass is 10.1. The van der Waals surface area contributed by atoms with Crippen molar-refractivity contribution in [3.05, 3.63) is 63.1 Å². The van der Waals surface area contributed by atoms with Crippen molar-refractivity contribution in [1.29, 1.82) is 5.26 Å². The molecule has 0 unspecified atom stereocenters. The van der Waals surface area contributed by atoms with Crippen LogP contribution in [0.1, 0.15) is 16.7 Å². The van der Waals surface area contributed by atoms with Crippen molar-refractivity contribution in [1.82, 2.24) is 0 Å². The van der Waals surface area contributed by atoms with E-state index in [-0.39, 0.29) is 17.7 Å². The number of hydrogen-bond donors (Lipinski definition) is 1. The van der Waals surface area contributed by atoms with E-state index in [1.54, 1.807) is 6.07 Å². The van der Waals surface area contributed by atoms with Gasteiger partial charge >= 0.3 is 0 Å². The van der Waals surface area contributed by atoms with Gasteiger partial charge in [-0.15, -0.1) is 0 Å². The van der Waals surface area contributed by atoms with Crippen LogP contribution in [-0.4, -0.2) is 0 Å². The highest BCUT2D eigenvalue weighted by molar-refractivity contribution is 9.10. The average molecular weight is 337 g/mol. The molecule has 0 atom stereocenters. The molecule has 102 valence electrons. The van der Waals surface area contributed by atoms with E-state index in [0.717, 1.165) is 27.9 Å². The molecule has 0 spiro atoms. The number of rotatable bonds is 3. The second-order valence-electron chi connectivity index (χ2n) is 4.35. The Kier molecular flexibility index (Phi) is 4.35. The fourth-order valence-electron chi connectivity index (χ4n) is 1.73. The standard InChI is InChI=1S/C15H11BrF2N2/c1-9-2-3-11(6-13(9)16)20-8-12-14(17)4-10(7-19)5-15(12)18/h2-6,20H,8H2,1H3. The van der Waals surface area contributed by atoms with E-state index < -0.39 is 11.6 Å². The molecule has 5 heteroatoms. The van der Waals surface area contributed by atoms with Crippen molar-refractivity contribution < 1.29 is 8.78 Å². The normalized spacial score (nSPS) is 10.2. The number of benzene rings is 2. The smallest absolute Gasteiger partial charge is 0.132 e. The molecule has 2 aromatic carbocycles. The summed E-state index contributed by atoms with van der Waals surface area (Å²) in [6, 6.07) is 9.36. The lowest BCUT2D eigenvalue weighted by Gasteiger charge is -2.10. The van der Waals surface area contributed by atoms with Gasteiger partial charge in [0, 0.05) is 22.3 Å². The minimum absolute atomic E-state index is 0.0128. The highest BCUT2D eigenvalue weighted by Crippen LogP contribution is 2.22. The van der Waals surface area contributed by atoms with Gasteiger partial charge in [-0.1, -0.05) is 22.0 Å². The Hall–Kier alpha value is -1.93. The molecule has 0 radical (unpaired) electrons. The zero-order valence-corrected chi connectivity index (χ0v) is 12.3. The van der Waals surface area contributed by atoms with E-state index in [0.29, 0.717) is 0 Å². The number of hydrogen-bond acceptors (Lipinski definition) is 2. The zero-order valence-electron chi connectivity index (χ0n) is 10.7. The Labute approximate surface area is 124 Å². The summed E-state index contributed by atoms with van der Waals surface area (Å²) in [4.78, 5) is 0. The van der Waals surface area contributed by atoms with Crippen LogP contribution in [0.2, 0.25) is 0 Å². The van der Waals surface area contributed by atoms with Crippen molar-refractivity contribution >= 4 is 21.6 Å². The van der Waals surface area contributed by atoms with Crippen LogP contribution in [0.4, 0.5) is 14.5 Å². The molecule has 0 amide bonds. The minimum atomic E-state index is -0.722. The van der Waals surface area contributed by atoms with Crippen molar-refractivity contribution in [3.8, 4) is 6.07 Å². The number of nitrogens with one attached hydrogen (secondary N) is 1. The van der Waals surface area contributed by atoms with Crippen LogP contribution in [-0.2, 0) is 6.54 Å². The van der Waals surface area contributed by atoms with Crippen molar-refractivity contribution in [2.45, 2.75) is 13.5 Å². The molecule has 0 fully saturated rings. The van der Waals surface area contributed by atoms with Gasteiger partial charge in [0.25, 0.3) is 0 Å². The Morgan fingerprint density at radius 1 is 1.20 bits per heavy atom. The number of halogens is 3. The predicted molar refractivity (Wildman–Crippen MR) is 77.3 cm³/mol. The fourth-order valence-corrected chi connectivity index (χ4v) is 2.11. The van der Waals surface area contributed by atoms with Crippen LogP contribution in [0.15, 0.2) is 34.8 Å². The lowest BCUT2D eigenvalue weighted by molar-refractivity contribution is 0.559. The largest absolute Gasteiger partial charge is 0.381 e. The Bertz CT molecular complexity index is 670. The maximum atomic E-state index is 13.7. The fraction of sp³-hybridized carbons (Fsp3) is 0.133. The van der Waals surface area contributed by atoms with E-state index in [4.69, 9.17) is 5.26 Å². The molecule has 2 rings (SSSR count). The molecule has 0 aliphatic heterocycles. The van der Waals surface area contributed by atoms with Gasteiger partial charge in [-0.25, -0.2) is 8.78 Å². The van der Waals surface area contributed by atoms with Crippen LogP contribution in [0.3, 0.4) is 0 Å². The molecule has 0 bridgehead atoms. The van der Waals surface area contributed by atoms with Crippen LogP contribution in [0, 0.1) is 29.9 Å². The third kappa shape index (κ3) is 3.14. The number of anilines is 1. The summed E-state index contributed by atoms with van der Waals surface area (Å²) in [6.45, 7) is 1.96. The summed E-state index contributed by atoms with van der Waals surface area (Å²) in [5.74, 6) is -1.44. The summed E-state index contributed by atoms with van der Waals surface area (Å²) in [6.07, 6.45) is 0. The Morgan fingerprint density at radius 3 is 2.40 bits per heavy atom. The molecule has 20 heavy (non-hydrogen) atoms. The van der Waals surface area contributed by atoms with E-state index in [1.807, 2.05) is 25.1 Å². The van der Waals surface area contributed by atoms with Gasteiger partial charge in [0.1, 0.15) is 11.6 Å². The molecule has 0 saturated carbocycles. The van der Waals surface area contributed by atoms with E-state index >= 15 is 0 Å². The second-order valence-corrected chi connectivity index (χ2v) is 5.20. The van der Waals surface area contributed by atoms with Crippen molar-refractivity contribution in [2.75, 3.05) is 5.32 Å². The van der Waals surface area contributed by atoms with Crippen LogP contribution >= 0.6 is 15.9 Å². The molecule has 2 aromatic rings. The zero-order chi connectivity index (χ0) is 14.7. The topological polar surface area (TPSA) is 35.8 Å². The average Bonchev–Trinajstić information content (AvgIpc) is 2.41. The van der Waals surface area contributed by atoms with Gasteiger partial charge in [-0.05, 0) is 36.8 Å². The van der Waals surface area contributed by atoms with Gasteiger partial charge < -0.3 is 5.32 Å². The molecule has 0 aliphatic rings. The Morgan fingerprint density at radius 2 is 1.85 bits per heavy atom. The van der Waals surface area contributed by atoms with Crippen molar-refractivity contribution in [2.24, 2.45) is 0 Å². The van der Waals surface area contributed by atoms with Gasteiger partial charge in [-0.3, -0.25) is 0 Å². The molecule has 0 aliphatic carbocycles. The van der Waals surface area contributed by atoms with Gasteiger partial charge in [0.05, 0.1) is 11.6 Å². The maximum absolute atomic E-state index is 13.7. The minimum Gasteiger partial charge on any atom is -0.381 e. The summed E-state index contributed by atoms with van der Waals surface area (Å²) < 4.78 is 28.3. The van der Waals surface area contributed by atoms with E-state index in [1.165, 1.54) is 0 Å². The van der Waals surface area contributed by atoms with Gasteiger partial charge in [0.2, 0.25) is 0 Å². The third-order valence-electron chi connectivity index (χ3n) is 2.91. The number of nitrogens with zero attached hydrogens (tertiary/aromatic N) is 1. The molecular weight excluding hydrogens is 326 g/mol. The molecular formula is C15H11BrF2N2. The number of nitriles is 1. The maximum Gasteiger partial charge on any atom is 0.132 e. The van der Waals surface area contributed by atoms with Gasteiger partial charge in [0.15, 0.2) is 0 Å². The van der Waals surface area contributed by atoms with Crippen molar-refractivity contribution in [3.63, 3.8) is 0 Å². The van der Waals surface area contributed by atoms with Crippen LogP contribution < -0.4 is 5.32 Å². The summed E-state index contributed by atoms with van der Waals surface area (Å²) in [5, 5.41) is 11.6. The SMILES string of the molecule is Cc1ccc(NCc2c(F)cc(C#N)cc2F)cc1Br. The predicted octanol–water partition coefficient (Wildman–Crippen LogP) is 4.52. The van der Waals surface area contributed by atoms with E-state index in [9.17, 15) is 8.78 Å². The molecule has 1 N–H and O–H groups in total. The molecule has 0 heterocycles. The van der Waals surface area contributed by atoms with Gasteiger partial charge in [-0.2, -0.15) is 5.26 Å². The quantitative estimate of drug-likeness (QED) is 0.894. The van der Waals surface area contributed by atoms with Crippen LogP contribution in [0.25, 0.3) is 0 Å². The summed E-state index contributed by atoms with van der Waals surface area (Å²) in [7, 11) is 0. The monoisotopic (exact) mass is 336 g/mol. The van der Waals surface area contributed by atoms with Crippen LogP contribution in [0.5, 0.6) is 0 Å². The highest BCUT2D eigenvalue weighted by Gasteiger charge is 2.11. The first-order chi connectivity index (χ1) is 9.51. The summed E-state index contributed by atoms with van der Waals surface area (Å²) in [5.41, 5.74) is 1.72. The first-order valence-corrected chi connectivity index (χ1v) is 6.68. The summed E-state index contributed by atoms with van der Waals surface area (Å²) >= 11 is 3.40.